The summed E-state index contributed by atoms with van der Waals surface area (Å²) in [6.07, 6.45) is 0. The normalized spacial score (nSPS) is 16.9. The van der Waals surface area contributed by atoms with Crippen molar-refractivity contribution in [2.75, 3.05) is 0 Å². The van der Waals surface area contributed by atoms with Crippen molar-refractivity contribution < 1.29 is 14.4 Å². The SMILES string of the molecule is CC(C)(C)NC(C(C)(C)C)P(=O)([O-])[O-]. The molecule has 0 aliphatic rings. The van der Waals surface area contributed by atoms with E-state index in [4.69, 9.17) is 0 Å². The van der Waals surface area contributed by atoms with Gasteiger partial charge in [-0.1, -0.05) is 20.8 Å². The van der Waals surface area contributed by atoms with Crippen LogP contribution in [0.1, 0.15) is 41.5 Å². The van der Waals surface area contributed by atoms with Crippen LogP contribution in [0.3, 0.4) is 0 Å². The third kappa shape index (κ3) is 5.11. The van der Waals surface area contributed by atoms with Crippen molar-refractivity contribution in [3.63, 3.8) is 0 Å². The lowest BCUT2D eigenvalue weighted by atomic mass is 9.94. The molecule has 5 heteroatoms. The summed E-state index contributed by atoms with van der Waals surface area (Å²) in [7, 11) is -4.60. The molecular formula is C9H20NO3P-2. The van der Waals surface area contributed by atoms with Crippen LogP contribution in [-0.2, 0) is 4.57 Å². The molecule has 0 aromatic heterocycles. The van der Waals surface area contributed by atoms with Crippen LogP contribution >= 0.6 is 7.60 Å². The smallest absolute Gasteiger partial charge is 0.0398 e. The second-order valence-corrected chi connectivity index (χ2v) is 7.30. The van der Waals surface area contributed by atoms with Gasteiger partial charge in [0.15, 0.2) is 0 Å². The van der Waals surface area contributed by atoms with Gasteiger partial charge < -0.3 is 19.7 Å². The van der Waals surface area contributed by atoms with Gasteiger partial charge >= 0.3 is 0 Å². The Morgan fingerprint density at radius 2 is 1.43 bits per heavy atom. The average molecular weight is 221 g/mol. The van der Waals surface area contributed by atoms with Crippen molar-refractivity contribution in [1.82, 2.24) is 5.32 Å². The Morgan fingerprint density at radius 1 is 1.07 bits per heavy atom. The molecule has 0 bridgehead atoms. The predicted octanol–water partition coefficient (Wildman–Crippen LogP) is 0.660. The van der Waals surface area contributed by atoms with Gasteiger partial charge in [0.05, 0.1) is 0 Å². The first-order valence-corrected chi connectivity index (χ1v) is 6.25. The average Bonchev–Trinajstić information content (AvgIpc) is 1.75. The van der Waals surface area contributed by atoms with Crippen LogP contribution in [0.25, 0.3) is 0 Å². The monoisotopic (exact) mass is 221 g/mol. The third-order valence-electron chi connectivity index (χ3n) is 1.71. The van der Waals surface area contributed by atoms with Crippen LogP contribution in [-0.4, -0.2) is 11.3 Å². The van der Waals surface area contributed by atoms with Gasteiger partial charge in [0.2, 0.25) is 0 Å². The fourth-order valence-electron chi connectivity index (χ4n) is 1.18. The molecule has 0 amide bonds. The lowest BCUT2D eigenvalue weighted by molar-refractivity contribution is -0.319. The summed E-state index contributed by atoms with van der Waals surface area (Å²) in [5, 5.41) is 2.85. The van der Waals surface area contributed by atoms with E-state index in [1.807, 2.05) is 20.8 Å². The van der Waals surface area contributed by atoms with Crippen LogP contribution in [0, 0.1) is 5.41 Å². The van der Waals surface area contributed by atoms with Crippen molar-refractivity contribution in [2.45, 2.75) is 52.9 Å². The van der Waals surface area contributed by atoms with Gasteiger partial charge in [-0.05, 0) is 33.8 Å². The molecule has 1 atom stereocenters. The van der Waals surface area contributed by atoms with Gasteiger partial charge in [0.25, 0.3) is 0 Å². The molecule has 0 aromatic carbocycles. The molecule has 4 nitrogen and oxygen atoms in total. The third-order valence-corrected chi connectivity index (χ3v) is 3.24. The molecule has 0 fully saturated rings. The van der Waals surface area contributed by atoms with E-state index in [9.17, 15) is 14.4 Å². The van der Waals surface area contributed by atoms with Gasteiger partial charge in [-0.2, -0.15) is 0 Å². The minimum absolute atomic E-state index is 0.386. The number of hydrogen-bond donors (Lipinski definition) is 1. The molecule has 0 saturated heterocycles. The zero-order valence-corrected chi connectivity index (χ0v) is 10.6. The highest BCUT2D eigenvalue weighted by Gasteiger charge is 2.30. The quantitative estimate of drug-likeness (QED) is 0.695. The summed E-state index contributed by atoms with van der Waals surface area (Å²) in [6, 6.07) is 0. The van der Waals surface area contributed by atoms with Gasteiger partial charge in [0, 0.05) is 11.3 Å². The first-order chi connectivity index (χ1) is 5.84. The molecule has 0 aliphatic heterocycles. The van der Waals surface area contributed by atoms with E-state index < -0.39 is 18.8 Å². The lowest BCUT2D eigenvalue weighted by Gasteiger charge is -2.48. The summed E-state index contributed by atoms with van der Waals surface area (Å²) < 4.78 is 11.1. The van der Waals surface area contributed by atoms with E-state index in [1.54, 1.807) is 20.8 Å². The molecule has 14 heavy (non-hydrogen) atoms. The zero-order valence-electron chi connectivity index (χ0n) is 9.75. The van der Waals surface area contributed by atoms with Gasteiger partial charge in [0.1, 0.15) is 0 Å². The Kier molecular flexibility index (Phi) is 3.96. The molecule has 0 rings (SSSR count). The number of hydrogen-bond acceptors (Lipinski definition) is 4. The summed E-state index contributed by atoms with van der Waals surface area (Å²) in [6.45, 7) is 10.7. The maximum Gasteiger partial charge on any atom is 0.0398 e. The van der Waals surface area contributed by atoms with Crippen molar-refractivity contribution in [3.05, 3.63) is 0 Å². The second-order valence-electron chi connectivity index (χ2n) is 5.70. The number of rotatable bonds is 2. The Bertz CT molecular complexity index is 233. The Labute approximate surface area is 86.3 Å². The molecule has 0 heterocycles. The largest absolute Gasteiger partial charge is 0.810 e. The molecule has 86 valence electrons. The summed E-state index contributed by atoms with van der Waals surface area (Å²) in [5.41, 5.74) is -0.977. The summed E-state index contributed by atoms with van der Waals surface area (Å²) >= 11 is 0. The van der Waals surface area contributed by atoms with E-state index in [2.05, 4.69) is 5.32 Å². The molecule has 0 aliphatic carbocycles. The first-order valence-electron chi connectivity index (χ1n) is 4.63. The highest BCUT2D eigenvalue weighted by Crippen LogP contribution is 2.41. The van der Waals surface area contributed by atoms with E-state index in [-0.39, 0.29) is 5.54 Å². The van der Waals surface area contributed by atoms with Crippen molar-refractivity contribution in [3.8, 4) is 0 Å². The molecule has 0 saturated carbocycles. The van der Waals surface area contributed by atoms with Crippen LogP contribution < -0.4 is 15.1 Å². The fraction of sp³-hybridized carbons (Fsp3) is 1.00. The minimum Gasteiger partial charge on any atom is -0.810 e. The van der Waals surface area contributed by atoms with Crippen LogP contribution in [0.2, 0.25) is 0 Å². The topological polar surface area (TPSA) is 75.2 Å². The van der Waals surface area contributed by atoms with E-state index >= 15 is 0 Å². The Hall–Kier alpha value is 0.110. The molecule has 0 aromatic rings. The number of nitrogens with one attached hydrogen (secondary N) is 1. The minimum atomic E-state index is -4.60. The van der Waals surface area contributed by atoms with Crippen molar-refractivity contribution >= 4 is 7.60 Å². The van der Waals surface area contributed by atoms with Gasteiger partial charge in [-0.25, -0.2) is 0 Å². The van der Waals surface area contributed by atoms with Crippen LogP contribution in [0.15, 0.2) is 0 Å². The van der Waals surface area contributed by atoms with E-state index in [0.29, 0.717) is 0 Å². The maximum atomic E-state index is 11.1. The van der Waals surface area contributed by atoms with Crippen molar-refractivity contribution in [2.24, 2.45) is 5.41 Å². The summed E-state index contributed by atoms with van der Waals surface area (Å²) in [4.78, 5) is 22.1. The Morgan fingerprint density at radius 3 is 1.50 bits per heavy atom. The zero-order chi connectivity index (χ0) is 11.8. The highest BCUT2D eigenvalue weighted by atomic mass is 31.2. The standard InChI is InChI=1S/C9H22NO3P/c1-8(2,3)7(14(11,12)13)10-9(4,5)6/h7,10H,1-6H3,(H2,11,12,13)/p-2. The predicted molar refractivity (Wildman–Crippen MR) is 53.7 cm³/mol. The van der Waals surface area contributed by atoms with Gasteiger partial charge in [-0.3, -0.25) is 0 Å². The van der Waals surface area contributed by atoms with E-state index in [0.717, 1.165) is 0 Å². The fourth-order valence-corrected chi connectivity index (χ4v) is 2.67. The maximum absolute atomic E-state index is 11.1. The molecule has 0 spiro atoms. The first kappa shape index (κ1) is 14.1. The van der Waals surface area contributed by atoms with Gasteiger partial charge in [-0.15, -0.1) is 0 Å². The molecule has 1 N–H and O–H groups in total. The molecular weight excluding hydrogens is 201 g/mol. The lowest BCUT2D eigenvalue weighted by Crippen LogP contribution is -2.53. The van der Waals surface area contributed by atoms with Crippen LogP contribution in [0.5, 0.6) is 0 Å². The van der Waals surface area contributed by atoms with Crippen LogP contribution in [0.4, 0.5) is 0 Å². The Balaban J connectivity index is 4.88. The molecule has 0 radical (unpaired) electrons. The summed E-state index contributed by atoms with van der Waals surface area (Å²) in [5.74, 6) is -1.03. The van der Waals surface area contributed by atoms with E-state index in [1.165, 1.54) is 0 Å². The van der Waals surface area contributed by atoms with Crippen molar-refractivity contribution in [1.29, 1.82) is 0 Å². The second kappa shape index (κ2) is 3.93. The highest BCUT2D eigenvalue weighted by molar-refractivity contribution is 7.49. The molecule has 1 unspecified atom stereocenters.